The Bertz CT molecular complexity index is 448. The fourth-order valence-corrected chi connectivity index (χ4v) is 2.46. The van der Waals surface area contributed by atoms with Gasteiger partial charge in [-0.05, 0) is 38.3 Å². The Labute approximate surface area is 117 Å². The molecule has 0 spiro atoms. The van der Waals surface area contributed by atoms with Gasteiger partial charge in [0, 0.05) is 18.2 Å². The number of non-ortho nitro benzene ring substituents is 1. The first-order valence-electron chi connectivity index (χ1n) is 6.47. The second-order valence-corrected chi connectivity index (χ2v) is 5.06. The second-order valence-electron chi connectivity index (χ2n) is 4.66. The molecule has 0 saturated carbocycles. The topological polar surface area (TPSA) is 64.4 Å². The molecule has 0 aromatic heterocycles. The molecule has 1 aromatic rings. The summed E-state index contributed by atoms with van der Waals surface area (Å²) in [5.74, 6) is 0.506. The van der Waals surface area contributed by atoms with E-state index in [1.165, 1.54) is 25.0 Å². The summed E-state index contributed by atoms with van der Waals surface area (Å²) in [5, 5.41) is 14.3. The van der Waals surface area contributed by atoms with Crippen molar-refractivity contribution in [1.82, 2.24) is 5.32 Å². The van der Waals surface area contributed by atoms with Crippen LogP contribution in [0.2, 0.25) is 5.02 Å². The van der Waals surface area contributed by atoms with Crippen molar-refractivity contribution in [1.29, 1.82) is 0 Å². The number of nitrogens with one attached hydrogen (secondary N) is 1. The van der Waals surface area contributed by atoms with Crippen molar-refractivity contribution in [2.24, 2.45) is 0 Å². The Kier molecular flexibility index (Phi) is 4.99. The van der Waals surface area contributed by atoms with Gasteiger partial charge >= 0.3 is 0 Å². The molecular formula is C13H17ClN2O3. The highest BCUT2D eigenvalue weighted by Gasteiger charge is 2.14. The molecule has 1 unspecified atom stereocenters. The zero-order valence-corrected chi connectivity index (χ0v) is 11.4. The van der Waals surface area contributed by atoms with Gasteiger partial charge in [-0.15, -0.1) is 0 Å². The molecule has 0 bridgehead atoms. The lowest BCUT2D eigenvalue weighted by atomic mass is 10.1. The average molecular weight is 285 g/mol. The standard InChI is InChI=1S/C13H17ClN2O3/c14-12-9-11(16(17)18)5-6-13(12)19-8-2-4-10-3-1-7-15-10/h5-6,9-10,15H,1-4,7-8H2. The Morgan fingerprint density at radius 3 is 3.00 bits per heavy atom. The molecule has 6 heteroatoms. The number of nitrogens with zero attached hydrogens (tertiary/aromatic N) is 1. The van der Waals surface area contributed by atoms with Gasteiger partial charge in [-0.2, -0.15) is 0 Å². The molecule has 1 aromatic carbocycles. The molecule has 1 saturated heterocycles. The van der Waals surface area contributed by atoms with E-state index in [1.807, 2.05) is 0 Å². The zero-order chi connectivity index (χ0) is 13.7. The summed E-state index contributed by atoms with van der Waals surface area (Å²) < 4.78 is 5.55. The van der Waals surface area contributed by atoms with Gasteiger partial charge in [0.25, 0.3) is 5.69 Å². The fraction of sp³-hybridized carbons (Fsp3) is 0.538. The van der Waals surface area contributed by atoms with Gasteiger partial charge in [-0.1, -0.05) is 11.6 Å². The molecule has 19 heavy (non-hydrogen) atoms. The molecule has 1 N–H and O–H groups in total. The Balaban J connectivity index is 1.77. The molecule has 1 atom stereocenters. The van der Waals surface area contributed by atoms with Crippen LogP contribution in [0, 0.1) is 10.1 Å². The lowest BCUT2D eigenvalue weighted by Gasteiger charge is -2.11. The number of nitro groups is 1. The predicted molar refractivity (Wildman–Crippen MR) is 73.9 cm³/mol. The third kappa shape index (κ3) is 4.08. The summed E-state index contributed by atoms with van der Waals surface area (Å²) in [7, 11) is 0. The summed E-state index contributed by atoms with van der Waals surface area (Å²) in [6.45, 7) is 1.69. The molecule has 1 heterocycles. The van der Waals surface area contributed by atoms with Crippen molar-refractivity contribution in [3.63, 3.8) is 0 Å². The van der Waals surface area contributed by atoms with E-state index in [0.717, 1.165) is 19.4 Å². The van der Waals surface area contributed by atoms with Crippen molar-refractivity contribution in [2.45, 2.75) is 31.7 Å². The van der Waals surface area contributed by atoms with Crippen LogP contribution in [0.25, 0.3) is 0 Å². The van der Waals surface area contributed by atoms with E-state index in [9.17, 15) is 10.1 Å². The van der Waals surface area contributed by atoms with Gasteiger partial charge in [-0.25, -0.2) is 0 Å². The van der Waals surface area contributed by atoms with Crippen molar-refractivity contribution in [3.8, 4) is 5.75 Å². The molecule has 2 rings (SSSR count). The van der Waals surface area contributed by atoms with Crippen LogP contribution in [0.5, 0.6) is 5.75 Å². The highest BCUT2D eigenvalue weighted by atomic mass is 35.5. The second kappa shape index (κ2) is 6.73. The molecule has 104 valence electrons. The molecule has 0 amide bonds. The van der Waals surface area contributed by atoms with E-state index in [4.69, 9.17) is 16.3 Å². The molecule has 1 aliphatic rings. The maximum absolute atomic E-state index is 10.6. The maximum Gasteiger partial charge on any atom is 0.271 e. The predicted octanol–water partition coefficient (Wildman–Crippen LogP) is 3.16. The minimum atomic E-state index is -0.471. The van der Waals surface area contributed by atoms with E-state index >= 15 is 0 Å². The van der Waals surface area contributed by atoms with Crippen LogP contribution in [-0.4, -0.2) is 24.1 Å². The van der Waals surface area contributed by atoms with Crippen molar-refractivity contribution < 1.29 is 9.66 Å². The van der Waals surface area contributed by atoms with Crippen LogP contribution in [0.4, 0.5) is 5.69 Å². The number of rotatable bonds is 6. The van der Waals surface area contributed by atoms with E-state index in [0.29, 0.717) is 18.4 Å². The molecule has 1 fully saturated rings. The average Bonchev–Trinajstić information content (AvgIpc) is 2.89. The number of hydrogen-bond acceptors (Lipinski definition) is 4. The third-order valence-corrected chi connectivity index (χ3v) is 3.54. The highest BCUT2D eigenvalue weighted by molar-refractivity contribution is 6.32. The lowest BCUT2D eigenvalue weighted by Crippen LogP contribution is -2.21. The smallest absolute Gasteiger partial charge is 0.271 e. The van der Waals surface area contributed by atoms with E-state index in [2.05, 4.69) is 5.32 Å². The van der Waals surface area contributed by atoms with Crippen LogP contribution in [0.15, 0.2) is 18.2 Å². The number of nitro benzene ring substituents is 1. The first-order valence-corrected chi connectivity index (χ1v) is 6.85. The number of hydrogen-bond donors (Lipinski definition) is 1. The van der Waals surface area contributed by atoms with Gasteiger partial charge in [-0.3, -0.25) is 10.1 Å². The van der Waals surface area contributed by atoms with Crippen LogP contribution in [-0.2, 0) is 0 Å². The van der Waals surface area contributed by atoms with E-state index < -0.39 is 4.92 Å². The van der Waals surface area contributed by atoms with Gasteiger partial charge in [0.1, 0.15) is 5.75 Å². The molecule has 1 aliphatic heterocycles. The molecule has 0 aliphatic carbocycles. The molecular weight excluding hydrogens is 268 g/mol. The van der Waals surface area contributed by atoms with Crippen molar-refractivity contribution in [3.05, 3.63) is 33.3 Å². The lowest BCUT2D eigenvalue weighted by molar-refractivity contribution is -0.384. The quantitative estimate of drug-likeness (QED) is 0.495. The summed E-state index contributed by atoms with van der Waals surface area (Å²) in [6.07, 6.45) is 4.52. The van der Waals surface area contributed by atoms with Gasteiger partial charge < -0.3 is 10.1 Å². The maximum atomic E-state index is 10.6. The Morgan fingerprint density at radius 2 is 2.37 bits per heavy atom. The normalized spacial score (nSPS) is 18.5. The van der Waals surface area contributed by atoms with Crippen LogP contribution in [0.1, 0.15) is 25.7 Å². The highest BCUT2D eigenvalue weighted by Crippen LogP contribution is 2.28. The number of ether oxygens (including phenoxy) is 1. The summed E-state index contributed by atoms with van der Waals surface area (Å²) in [4.78, 5) is 10.1. The number of benzene rings is 1. The summed E-state index contributed by atoms with van der Waals surface area (Å²) in [6, 6.07) is 4.87. The molecule has 5 nitrogen and oxygen atoms in total. The first kappa shape index (κ1) is 14.1. The van der Waals surface area contributed by atoms with Gasteiger partial charge in [0.15, 0.2) is 0 Å². The summed E-state index contributed by atoms with van der Waals surface area (Å²) in [5.41, 5.74) is -0.0208. The van der Waals surface area contributed by atoms with Gasteiger partial charge in [0.2, 0.25) is 0 Å². The van der Waals surface area contributed by atoms with Gasteiger partial charge in [0.05, 0.1) is 16.6 Å². The minimum Gasteiger partial charge on any atom is -0.492 e. The zero-order valence-electron chi connectivity index (χ0n) is 10.6. The third-order valence-electron chi connectivity index (χ3n) is 3.24. The summed E-state index contributed by atoms with van der Waals surface area (Å²) >= 11 is 5.94. The number of halogens is 1. The largest absolute Gasteiger partial charge is 0.492 e. The van der Waals surface area contributed by atoms with Crippen LogP contribution >= 0.6 is 11.6 Å². The van der Waals surface area contributed by atoms with Crippen LogP contribution in [0.3, 0.4) is 0 Å². The Hall–Kier alpha value is -1.33. The van der Waals surface area contributed by atoms with Crippen molar-refractivity contribution in [2.75, 3.05) is 13.2 Å². The fourth-order valence-electron chi connectivity index (χ4n) is 2.24. The minimum absolute atomic E-state index is 0.0208. The Morgan fingerprint density at radius 1 is 1.53 bits per heavy atom. The van der Waals surface area contributed by atoms with E-state index in [-0.39, 0.29) is 10.7 Å². The first-order chi connectivity index (χ1) is 9.16. The SMILES string of the molecule is O=[N+]([O-])c1ccc(OCCCC2CCCN2)c(Cl)c1. The van der Waals surface area contributed by atoms with Crippen molar-refractivity contribution >= 4 is 17.3 Å². The van der Waals surface area contributed by atoms with E-state index in [1.54, 1.807) is 6.07 Å². The molecule has 0 radical (unpaired) electrons. The van der Waals surface area contributed by atoms with Crippen LogP contribution < -0.4 is 10.1 Å². The monoisotopic (exact) mass is 284 g/mol.